The lowest BCUT2D eigenvalue weighted by Gasteiger charge is -2.19. The van der Waals surface area contributed by atoms with E-state index in [9.17, 15) is 14.0 Å². The van der Waals surface area contributed by atoms with E-state index in [1.165, 1.54) is 19.2 Å². The molecule has 8 nitrogen and oxygen atoms in total. The predicted molar refractivity (Wildman–Crippen MR) is 117 cm³/mol. The number of carbonyl (C=O) groups is 2. The van der Waals surface area contributed by atoms with E-state index in [4.69, 9.17) is 9.47 Å². The minimum atomic E-state index is -0.614. The van der Waals surface area contributed by atoms with Crippen LogP contribution >= 0.6 is 0 Å². The van der Waals surface area contributed by atoms with Gasteiger partial charge in [-0.3, -0.25) is 9.59 Å². The Balaban J connectivity index is 1.78. The zero-order valence-corrected chi connectivity index (χ0v) is 18.9. The molecule has 1 N–H and O–H groups in total. The van der Waals surface area contributed by atoms with Gasteiger partial charge < -0.3 is 14.8 Å². The van der Waals surface area contributed by atoms with Crippen molar-refractivity contribution in [3.8, 4) is 5.88 Å². The van der Waals surface area contributed by atoms with Gasteiger partial charge in [0.2, 0.25) is 11.8 Å². The first-order valence-corrected chi connectivity index (χ1v) is 10.2. The molecule has 1 unspecified atom stereocenters. The van der Waals surface area contributed by atoms with E-state index in [1.807, 2.05) is 13.8 Å². The highest BCUT2D eigenvalue weighted by Crippen LogP contribution is 2.30. The molecule has 0 radical (unpaired) electrons. The molecular weight excluding hydrogens is 415 g/mol. The number of hydrogen-bond donors (Lipinski definition) is 1. The van der Waals surface area contributed by atoms with Crippen LogP contribution in [0.25, 0.3) is 11.0 Å². The number of amides is 1. The molecule has 0 saturated carbocycles. The Kier molecular flexibility index (Phi) is 7.07. The Hall–Kier alpha value is -3.49. The summed E-state index contributed by atoms with van der Waals surface area (Å²) in [5.41, 5.74) is 4.08. The summed E-state index contributed by atoms with van der Waals surface area (Å²) < 4.78 is 25.1. The zero-order valence-electron chi connectivity index (χ0n) is 18.9. The molecule has 2 heterocycles. The largest absolute Gasteiger partial charge is 0.479 e. The van der Waals surface area contributed by atoms with E-state index >= 15 is 0 Å². The molecule has 1 aromatic carbocycles. The molecule has 0 saturated heterocycles. The minimum absolute atomic E-state index is 0.0493. The number of benzene rings is 1. The number of fused-ring (bicyclic) bond motifs is 1. The van der Waals surface area contributed by atoms with Crippen LogP contribution in [0, 0.1) is 19.7 Å². The Morgan fingerprint density at radius 3 is 2.50 bits per heavy atom. The Morgan fingerprint density at radius 1 is 1.19 bits per heavy atom. The van der Waals surface area contributed by atoms with Crippen molar-refractivity contribution < 1.29 is 23.5 Å². The number of ether oxygens (including phenoxy) is 2. The molecule has 0 aliphatic heterocycles. The van der Waals surface area contributed by atoms with Crippen LogP contribution in [-0.2, 0) is 27.8 Å². The summed E-state index contributed by atoms with van der Waals surface area (Å²) in [4.78, 5) is 29.2. The van der Waals surface area contributed by atoms with Gasteiger partial charge in [-0.2, -0.15) is 0 Å². The standard InChI is InChI=1S/C23H27FN4O4/c1-13-17(14(2)25-22-21(13)23(32-5)27-28(22)3)10-11-19(29)26-18(12-20(30)31-4)15-6-8-16(24)9-7-15/h6-9,18H,10-12H2,1-5H3,(H,26,29). The number of carbonyl (C=O) groups excluding carboxylic acids is 2. The summed E-state index contributed by atoms with van der Waals surface area (Å²) in [7, 11) is 4.65. The van der Waals surface area contributed by atoms with Gasteiger partial charge in [-0.1, -0.05) is 12.1 Å². The van der Waals surface area contributed by atoms with Crippen LogP contribution in [0.4, 0.5) is 4.39 Å². The van der Waals surface area contributed by atoms with Gasteiger partial charge in [0.1, 0.15) is 5.82 Å². The predicted octanol–water partition coefficient (Wildman–Crippen LogP) is 3.09. The topological polar surface area (TPSA) is 95.3 Å². The van der Waals surface area contributed by atoms with Gasteiger partial charge in [-0.15, -0.1) is 5.10 Å². The molecular formula is C23H27FN4O4. The van der Waals surface area contributed by atoms with E-state index in [1.54, 1.807) is 31.0 Å². The molecule has 3 rings (SSSR count). The number of methoxy groups -OCH3 is 2. The highest BCUT2D eigenvalue weighted by Gasteiger charge is 2.21. The van der Waals surface area contributed by atoms with Crippen molar-refractivity contribution in [3.63, 3.8) is 0 Å². The van der Waals surface area contributed by atoms with Crippen molar-refractivity contribution in [3.05, 3.63) is 52.5 Å². The van der Waals surface area contributed by atoms with E-state index in [0.717, 1.165) is 27.9 Å². The number of rotatable bonds is 8. The summed E-state index contributed by atoms with van der Waals surface area (Å²) in [6.45, 7) is 3.87. The number of esters is 1. The lowest BCUT2D eigenvalue weighted by molar-refractivity contribution is -0.141. The Bertz CT molecular complexity index is 1140. The molecule has 0 spiro atoms. The maximum absolute atomic E-state index is 13.3. The van der Waals surface area contributed by atoms with Gasteiger partial charge in [0.15, 0.2) is 5.65 Å². The number of hydrogen-bond acceptors (Lipinski definition) is 6. The number of nitrogens with one attached hydrogen (secondary N) is 1. The third-order valence-corrected chi connectivity index (χ3v) is 5.52. The van der Waals surface area contributed by atoms with Gasteiger partial charge in [0.25, 0.3) is 0 Å². The molecule has 9 heteroatoms. The average Bonchev–Trinajstić information content (AvgIpc) is 3.09. The van der Waals surface area contributed by atoms with E-state index in [0.29, 0.717) is 17.9 Å². The van der Waals surface area contributed by atoms with Crippen molar-refractivity contribution >= 4 is 22.9 Å². The summed E-state index contributed by atoms with van der Waals surface area (Å²) in [5, 5.41) is 8.04. The third-order valence-electron chi connectivity index (χ3n) is 5.52. The first-order valence-electron chi connectivity index (χ1n) is 10.2. The Labute approximate surface area is 185 Å². The van der Waals surface area contributed by atoms with Crippen molar-refractivity contribution in [1.29, 1.82) is 0 Å². The van der Waals surface area contributed by atoms with Crippen LogP contribution in [0.15, 0.2) is 24.3 Å². The van der Waals surface area contributed by atoms with Crippen LogP contribution in [0.2, 0.25) is 0 Å². The van der Waals surface area contributed by atoms with Crippen LogP contribution in [0.5, 0.6) is 5.88 Å². The highest BCUT2D eigenvalue weighted by atomic mass is 19.1. The smallest absolute Gasteiger partial charge is 0.307 e. The molecule has 0 aliphatic carbocycles. The Morgan fingerprint density at radius 2 is 1.88 bits per heavy atom. The SMILES string of the molecule is COC(=O)CC(NC(=O)CCc1c(C)nc2c(c(OC)nn2C)c1C)c1ccc(F)cc1. The van der Waals surface area contributed by atoms with Crippen LogP contribution in [-0.4, -0.2) is 40.9 Å². The third kappa shape index (κ3) is 4.87. The molecule has 1 atom stereocenters. The van der Waals surface area contributed by atoms with Crippen molar-refractivity contribution in [1.82, 2.24) is 20.1 Å². The normalized spacial score (nSPS) is 11.9. The molecule has 0 aliphatic rings. The minimum Gasteiger partial charge on any atom is -0.479 e. The average molecular weight is 442 g/mol. The highest BCUT2D eigenvalue weighted by molar-refractivity contribution is 5.86. The fourth-order valence-corrected chi connectivity index (χ4v) is 3.81. The molecule has 32 heavy (non-hydrogen) atoms. The van der Waals surface area contributed by atoms with E-state index in [2.05, 4.69) is 15.4 Å². The molecule has 0 bridgehead atoms. The van der Waals surface area contributed by atoms with Gasteiger partial charge in [0.05, 0.1) is 32.1 Å². The maximum atomic E-state index is 13.3. The van der Waals surface area contributed by atoms with Crippen LogP contribution < -0.4 is 10.1 Å². The number of nitrogens with zero attached hydrogens (tertiary/aromatic N) is 3. The first kappa shape index (κ1) is 23.2. The van der Waals surface area contributed by atoms with Crippen LogP contribution in [0.1, 0.15) is 41.3 Å². The quantitative estimate of drug-likeness (QED) is 0.539. The van der Waals surface area contributed by atoms with Gasteiger partial charge >= 0.3 is 5.97 Å². The van der Waals surface area contributed by atoms with Gasteiger partial charge in [0, 0.05) is 19.2 Å². The lowest BCUT2D eigenvalue weighted by Crippen LogP contribution is -2.30. The van der Waals surface area contributed by atoms with Gasteiger partial charge in [-0.05, 0) is 49.1 Å². The second-order valence-electron chi connectivity index (χ2n) is 7.58. The second-order valence-corrected chi connectivity index (χ2v) is 7.58. The summed E-state index contributed by atoms with van der Waals surface area (Å²) in [6, 6.07) is 5.06. The molecule has 3 aromatic rings. The fourth-order valence-electron chi connectivity index (χ4n) is 3.81. The van der Waals surface area contributed by atoms with Crippen LogP contribution in [0.3, 0.4) is 0 Å². The second kappa shape index (κ2) is 9.76. The molecule has 170 valence electrons. The van der Waals surface area contributed by atoms with Gasteiger partial charge in [-0.25, -0.2) is 14.1 Å². The first-order chi connectivity index (χ1) is 15.2. The number of halogens is 1. The molecule has 1 amide bonds. The van der Waals surface area contributed by atoms with Crippen molar-refractivity contribution in [2.75, 3.05) is 14.2 Å². The summed E-state index contributed by atoms with van der Waals surface area (Å²) in [6.07, 6.45) is 0.599. The maximum Gasteiger partial charge on any atom is 0.307 e. The summed E-state index contributed by atoms with van der Waals surface area (Å²) in [5.74, 6) is -0.603. The molecule has 2 aromatic heterocycles. The lowest BCUT2D eigenvalue weighted by atomic mass is 9.99. The van der Waals surface area contributed by atoms with E-state index in [-0.39, 0.29) is 18.7 Å². The number of aromatic nitrogens is 3. The number of pyridine rings is 1. The van der Waals surface area contributed by atoms with Crippen molar-refractivity contribution in [2.24, 2.45) is 7.05 Å². The summed E-state index contributed by atoms with van der Waals surface area (Å²) >= 11 is 0. The van der Waals surface area contributed by atoms with Crippen molar-refractivity contribution in [2.45, 2.75) is 39.2 Å². The zero-order chi connectivity index (χ0) is 23.4. The fraction of sp³-hybridized carbons (Fsp3) is 0.391. The van der Waals surface area contributed by atoms with E-state index < -0.39 is 17.8 Å². The molecule has 0 fully saturated rings. The number of aryl methyl sites for hydroxylation is 3. The monoisotopic (exact) mass is 442 g/mol.